The van der Waals surface area contributed by atoms with E-state index in [2.05, 4.69) is 12.2 Å². The Labute approximate surface area is 117 Å². The van der Waals surface area contributed by atoms with E-state index in [1.54, 1.807) is 24.3 Å². The number of unbranched alkanes of at least 4 members (excludes halogenated alkanes) is 1. The molecule has 1 amide bonds. The second-order valence-electron chi connectivity index (χ2n) is 5.00. The molecule has 5 nitrogen and oxygen atoms in total. The molecule has 2 N–H and O–H groups in total. The lowest BCUT2D eigenvalue weighted by Crippen LogP contribution is -2.16. The van der Waals surface area contributed by atoms with Gasteiger partial charge in [-0.3, -0.25) is 9.59 Å². The van der Waals surface area contributed by atoms with Crippen molar-refractivity contribution in [2.24, 2.45) is 11.8 Å². The summed E-state index contributed by atoms with van der Waals surface area (Å²) in [6.07, 6.45) is 2.52. The molecule has 0 bridgehead atoms. The Hall–Kier alpha value is -2.04. The highest BCUT2D eigenvalue weighted by Gasteiger charge is 2.48. The maximum absolute atomic E-state index is 11.8. The Kier molecular flexibility index (Phi) is 4.61. The fourth-order valence-corrected chi connectivity index (χ4v) is 1.96. The second-order valence-corrected chi connectivity index (χ2v) is 5.00. The molecule has 0 aliphatic heterocycles. The van der Waals surface area contributed by atoms with Crippen molar-refractivity contribution in [2.45, 2.75) is 26.2 Å². The normalized spacial score (nSPS) is 20.2. The van der Waals surface area contributed by atoms with Crippen LogP contribution < -0.4 is 10.1 Å². The van der Waals surface area contributed by atoms with Crippen LogP contribution in [0, 0.1) is 11.8 Å². The van der Waals surface area contributed by atoms with Gasteiger partial charge in [-0.15, -0.1) is 0 Å². The topological polar surface area (TPSA) is 75.6 Å². The summed E-state index contributed by atoms with van der Waals surface area (Å²) >= 11 is 0. The number of carboxylic acids is 1. The summed E-state index contributed by atoms with van der Waals surface area (Å²) in [5.74, 6) is -1.27. The van der Waals surface area contributed by atoms with E-state index in [1.807, 2.05) is 0 Å². The summed E-state index contributed by atoms with van der Waals surface area (Å²) in [6.45, 7) is 2.79. The smallest absolute Gasteiger partial charge is 0.307 e. The molecule has 0 aromatic heterocycles. The molecule has 2 atom stereocenters. The van der Waals surface area contributed by atoms with Crippen LogP contribution >= 0.6 is 0 Å². The van der Waals surface area contributed by atoms with E-state index in [1.165, 1.54) is 0 Å². The first-order valence-corrected chi connectivity index (χ1v) is 6.88. The molecule has 1 aliphatic carbocycles. The molecule has 0 saturated heterocycles. The molecule has 5 heteroatoms. The fraction of sp³-hybridized carbons (Fsp3) is 0.467. The zero-order valence-electron chi connectivity index (χ0n) is 11.5. The van der Waals surface area contributed by atoms with Crippen LogP contribution in [0.4, 0.5) is 5.69 Å². The van der Waals surface area contributed by atoms with Crippen molar-refractivity contribution in [1.29, 1.82) is 0 Å². The number of aliphatic carboxylic acids is 1. The predicted molar refractivity (Wildman–Crippen MR) is 74.7 cm³/mol. The molecule has 1 aromatic carbocycles. The molecule has 1 aromatic rings. The van der Waals surface area contributed by atoms with Crippen LogP contribution in [0.1, 0.15) is 26.2 Å². The minimum absolute atomic E-state index is 0.225. The van der Waals surface area contributed by atoms with Gasteiger partial charge >= 0.3 is 5.97 Å². The van der Waals surface area contributed by atoms with Crippen molar-refractivity contribution in [1.82, 2.24) is 0 Å². The van der Waals surface area contributed by atoms with Crippen LogP contribution in [0.2, 0.25) is 0 Å². The number of carbonyl (C=O) groups excluding carboxylic acids is 1. The van der Waals surface area contributed by atoms with Crippen molar-refractivity contribution in [2.75, 3.05) is 11.9 Å². The molecule has 1 aliphatic rings. The van der Waals surface area contributed by atoms with Crippen LogP contribution in [0.5, 0.6) is 5.75 Å². The van der Waals surface area contributed by atoms with E-state index in [0.717, 1.165) is 18.6 Å². The number of ether oxygens (including phenoxy) is 1. The Morgan fingerprint density at radius 2 is 2.00 bits per heavy atom. The summed E-state index contributed by atoms with van der Waals surface area (Å²) in [5.41, 5.74) is 0.661. The first-order chi connectivity index (χ1) is 9.61. The summed E-state index contributed by atoms with van der Waals surface area (Å²) in [7, 11) is 0. The minimum atomic E-state index is -0.898. The highest BCUT2D eigenvalue weighted by Crippen LogP contribution is 2.39. The van der Waals surface area contributed by atoms with E-state index in [-0.39, 0.29) is 5.91 Å². The van der Waals surface area contributed by atoms with Crippen LogP contribution in [0.15, 0.2) is 24.3 Å². The number of carboxylic acid groups (broad SMARTS) is 1. The summed E-state index contributed by atoms with van der Waals surface area (Å²) in [6, 6.07) is 7.12. The molecule has 1 fully saturated rings. The lowest BCUT2D eigenvalue weighted by molar-refractivity contribution is -0.139. The van der Waals surface area contributed by atoms with Crippen molar-refractivity contribution >= 4 is 17.6 Å². The monoisotopic (exact) mass is 277 g/mol. The molecule has 1 saturated carbocycles. The number of carbonyl (C=O) groups is 2. The fourth-order valence-electron chi connectivity index (χ4n) is 1.96. The van der Waals surface area contributed by atoms with Gasteiger partial charge < -0.3 is 15.2 Å². The largest absolute Gasteiger partial charge is 0.494 e. The van der Waals surface area contributed by atoms with E-state index in [9.17, 15) is 9.59 Å². The number of nitrogens with one attached hydrogen (secondary N) is 1. The van der Waals surface area contributed by atoms with Crippen molar-refractivity contribution in [3.05, 3.63) is 24.3 Å². The number of hydrogen-bond acceptors (Lipinski definition) is 3. The van der Waals surface area contributed by atoms with Gasteiger partial charge in [-0.1, -0.05) is 13.3 Å². The van der Waals surface area contributed by atoms with Gasteiger partial charge in [0.05, 0.1) is 18.4 Å². The lowest BCUT2D eigenvalue weighted by Gasteiger charge is -2.07. The number of amides is 1. The van der Waals surface area contributed by atoms with Gasteiger partial charge in [-0.25, -0.2) is 0 Å². The van der Waals surface area contributed by atoms with E-state index in [4.69, 9.17) is 9.84 Å². The minimum Gasteiger partial charge on any atom is -0.494 e. The van der Waals surface area contributed by atoms with Crippen LogP contribution in [0.3, 0.4) is 0 Å². The van der Waals surface area contributed by atoms with Gasteiger partial charge in [-0.2, -0.15) is 0 Å². The quantitative estimate of drug-likeness (QED) is 0.751. The third-order valence-corrected chi connectivity index (χ3v) is 3.33. The van der Waals surface area contributed by atoms with E-state index >= 15 is 0 Å². The summed E-state index contributed by atoms with van der Waals surface area (Å²) < 4.78 is 5.52. The molecule has 2 unspecified atom stereocenters. The number of hydrogen-bond donors (Lipinski definition) is 2. The molecular weight excluding hydrogens is 258 g/mol. The second kappa shape index (κ2) is 6.41. The zero-order valence-corrected chi connectivity index (χ0v) is 11.5. The first kappa shape index (κ1) is 14.4. The number of benzene rings is 1. The van der Waals surface area contributed by atoms with Gasteiger partial charge in [0.25, 0.3) is 0 Å². The lowest BCUT2D eigenvalue weighted by atomic mass is 10.2. The van der Waals surface area contributed by atoms with E-state index < -0.39 is 17.8 Å². The molecular formula is C15H19NO4. The van der Waals surface area contributed by atoms with Gasteiger partial charge in [0.2, 0.25) is 5.91 Å². The van der Waals surface area contributed by atoms with Crippen LogP contribution in [-0.2, 0) is 9.59 Å². The molecule has 20 heavy (non-hydrogen) atoms. The molecule has 108 valence electrons. The standard InChI is InChI=1S/C15H19NO4/c1-2-3-8-20-11-6-4-10(5-7-11)16-14(17)12-9-13(12)15(18)19/h4-7,12-13H,2-3,8-9H2,1H3,(H,16,17)(H,18,19). The Bertz CT molecular complexity index is 483. The van der Waals surface area contributed by atoms with Gasteiger partial charge in [0.15, 0.2) is 0 Å². The number of anilines is 1. The predicted octanol–water partition coefficient (Wildman–Crippen LogP) is 2.52. The molecule has 0 heterocycles. The molecule has 2 rings (SSSR count). The highest BCUT2D eigenvalue weighted by molar-refractivity contribution is 5.98. The Balaban J connectivity index is 1.82. The Morgan fingerprint density at radius 1 is 1.30 bits per heavy atom. The van der Waals surface area contributed by atoms with Gasteiger partial charge in [-0.05, 0) is 37.1 Å². The van der Waals surface area contributed by atoms with Gasteiger partial charge in [0, 0.05) is 5.69 Å². The third kappa shape index (κ3) is 3.73. The zero-order chi connectivity index (χ0) is 14.5. The number of rotatable bonds is 7. The maximum Gasteiger partial charge on any atom is 0.307 e. The SMILES string of the molecule is CCCCOc1ccc(NC(=O)C2CC2C(=O)O)cc1. The van der Waals surface area contributed by atoms with Crippen molar-refractivity contribution < 1.29 is 19.4 Å². The average Bonchev–Trinajstić information content (AvgIpc) is 3.21. The maximum atomic E-state index is 11.8. The summed E-state index contributed by atoms with van der Waals surface area (Å²) in [4.78, 5) is 22.5. The highest BCUT2D eigenvalue weighted by atomic mass is 16.5. The van der Waals surface area contributed by atoms with Crippen molar-refractivity contribution in [3.63, 3.8) is 0 Å². The molecule has 0 radical (unpaired) electrons. The van der Waals surface area contributed by atoms with Crippen LogP contribution in [0.25, 0.3) is 0 Å². The first-order valence-electron chi connectivity index (χ1n) is 6.88. The Morgan fingerprint density at radius 3 is 2.55 bits per heavy atom. The average molecular weight is 277 g/mol. The summed E-state index contributed by atoms with van der Waals surface area (Å²) in [5, 5.41) is 11.5. The van der Waals surface area contributed by atoms with Crippen molar-refractivity contribution in [3.8, 4) is 5.75 Å². The molecule has 0 spiro atoms. The van der Waals surface area contributed by atoms with Crippen LogP contribution in [-0.4, -0.2) is 23.6 Å². The van der Waals surface area contributed by atoms with E-state index in [0.29, 0.717) is 18.7 Å². The third-order valence-electron chi connectivity index (χ3n) is 3.33. The van der Waals surface area contributed by atoms with Gasteiger partial charge in [0.1, 0.15) is 5.75 Å².